The lowest BCUT2D eigenvalue weighted by atomic mass is 9.95. The molecule has 0 radical (unpaired) electrons. The van der Waals surface area contributed by atoms with Crippen LogP contribution in [0.4, 0.5) is 5.13 Å². The first-order chi connectivity index (χ1) is 21.2. The van der Waals surface area contributed by atoms with Crippen molar-refractivity contribution in [2.24, 2.45) is 5.92 Å². The summed E-state index contributed by atoms with van der Waals surface area (Å²) in [5.41, 5.74) is 2.61. The molecule has 228 valence electrons. The number of hydrogen-bond donors (Lipinski definition) is 1. The Balaban J connectivity index is 1.50. The molecule has 0 spiro atoms. The van der Waals surface area contributed by atoms with Gasteiger partial charge in [0.05, 0.1) is 35.0 Å². The van der Waals surface area contributed by atoms with Crippen molar-refractivity contribution in [3.05, 3.63) is 76.9 Å². The fourth-order valence-electron chi connectivity index (χ4n) is 5.30. The van der Waals surface area contributed by atoms with Crippen LogP contribution < -0.4 is 23.8 Å². The zero-order valence-electron chi connectivity index (χ0n) is 25.1. The van der Waals surface area contributed by atoms with Gasteiger partial charge in [-0.3, -0.25) is 14.5 Å². The second kappa shape index (κ2) is 12.2. The van der Waals surface area contributed by atoms with Crippen LogP contribution in [0.25, 0.3) is 16.0 Å². The lowest BCUT2D eigenvalue weighted by molar-refractivity contribution is -0.132. The third-order valence-corrected chi connectivity index (χ3v) is 8.55. The highest BCUT2D eigenvalue weighted by Crippen LogP contribution is 2.46. The molecule has 2 aliphatic rings. The number of anilines is 1. The molecule has 1 atom stereocenters. The number of ether oxygens (including phenoxy) is 4. The Labute approximate surface area is 259 Å². The minimum absolute atomic E-state index is 0.0574. The maximum Gasteiger partial charge on any atom is 0.301 e. The molecule has 1 saturated heterocycles. The van der Waals surface area contributed by atoms with Gasteiger partial charge in [-0.25, -0.2) is 4.98 Å². The van der Waals surface area contributed by atoms with Gasteiger partial charge >= 0.3 is 5.91 Å². The summed E-state index contributed by atoms with van der Waals surface area (Å²) in [6.45, 7) is 9.81. The predicted molar refractivity (Wildman–Crippen MR) is 169 cm³/mol. The number of nitrogens with zero attached hydrogens (tertiary/aromatic N) is 2. The minimum atomic E-state index is -0.978. The average Bonchev–Trinajstić information content (AvgIpc) is 3.54. The molecule has 1 amide bonds. The minimum Gasteiger partial charge on any atom is -0.507 e. The number of aryl methyl sites for hydroxylation is 1. The van der Waals surface area contributed by atoms with E-state index in [-0.39, 0.29) is 11.3 Å². The number of benzene rings is 3. The molecule has 6 rings (SSSR count). The zero-order chi connectivity index (χ0) is 31.0. The number of carbonyl (C=O) groups excluding carboxylic acids is 2. The Hall–Kier alpha value is -4.57. The van der Waals surface area contributed by atoms with Crippen LogP contribution in [0.2, 0.25) is 0 Å². The molecular formula is C34H34N2O7S. The number of hydrogen-bond acceptors (Lipinski definition) is 9. The summed E-state index contributed by atoms with van der Waals surface area (Å²) < 4.78 is 24.2. The highest BCUT2D eigenvalue weighted by Gasteiger charge is 2.48. The summed E-state index contributed by atoms with van der Waals surface area (Å²) in [5.74, 6) is 0.614. The standard InChI is InChI=1S/C34H34N2O7S/c1-5-40-26-17-21(7-10-24(26)41-13-12-19(2)3)30-29(31(37)22-8-11-25-27(18-22)43-15-14-42-25)32(38)33(39)36(30)34-35-23-9-6-20(4)16-28(23)44-34/h6-11,16-19,30,37H,5,12-15H2,1-4H3/b31-29-. The maximum absolute atomic E-state index is 13.8. The van der Waals surface area contributed by atoms with E-state index in [1.54, 1.807) is 36.4 Å². The van der Waals surface area contributed by atoms with Gasteiger partial charge in [-0.1, -0.05) is 37.3 Å². The fraction of sp³-hybridized carbons (Fsp3) is 0.324. The van der Waals surface area contributed by atoms with Gasteiger partial charge < -0.3 is 24.1 Å². The van der Waals surface area contributed by atoms with E-state index in [1.165, 1.54) is 16.2 Å². The van der Waals surface area contributed by atoms with Gasteiger partial charge in [-0.15, -0.1) is 0 Å². The number of carbonyl (C=O) groups is 2. The number of thiazole rings is 1. The smallest absolute Gasteiger partial charge is 0.301 e. The van der Waals surface area contributed by atoms with Crippen LogP contribution in [0.1, 0.15) is 49.9 Å². The van der Waals surface area contributed by atoms with Crippen LogP contribution in [0.3, 0.4) is 0 Å². The number of rotatable bonds is 9. The first-order valence-electron chi connectivity index (χ1n) is 14.7. The van der Waals surface area contributed by atoms with Crippen molar-refractivity contribution in [2.75, 3.05) is 31.3 Å². The maximum atomic E-state index is 13.8. The summed E-state index contributed by atoms with van der Waals surface area (Å²) in [6.07, 6.45) is 0.875. The molecule has 0 saturated carbocycles. The summed E-state index contributed by atoms with van der Waals surface area (Å²) in [7, 11) is 0. The molecule has 9 nitrogen and oxygen atoms in total. The van der Waals surface area contributed by atoms with Crippen molar-refractivity contribution in [3.63, 3.8) is 0 Å². The van der Waals surface area contributed by atoms with Crippen LogP contribution in [0.15, 0.2) is 60.2 Å². The summed E-state index contributed by atoms with van der Waals surface area (Å²) in [5, 5.41) is 12.0. The molecule has 10 heteroatoms. The fourth-order valence-corrected chi connectivity index (χ4v) is 6.39. The second-order valence-corrected chi connectivity index (χ2v) is 12.2. The zero-order valence-corrected chi connectivity index (χ0v) is 25.9. The van der Waals surface area contributed by atoms with E-state index in [0.29, 0.717) is 77.1 Å². The normalized spacial score (nSPS) is 17.5. The molecule has 1 fully saturated rings. The number of ketones is 1. The molecule has 44 heavy (non-hydrogen) atoms. The number of aromatic nitrogens is 1. The Morgan fingerprint density at radius 1 is 1.02 bits per heavy atom. The summed E-state index contributed by atoms with van der Waals surface area (Å²) >= 11 is 1.32. The van der Waals surface area contributed by atoms with Gasteiger partial charge in [0.1, 0.15) is 19.0 Å². The van der Waals surface area contributed by atoms with Crippen molar-refractivity contribution in [2.45, 2.75) is 40.2 Å². The highest BCUT2D eigenvalue weighted by molar-refractivity contribution is 7.22. The number of Topliss-reactive ketones (excluding diaryl/α,β-unsaturated/α-hetero) is 1. The van der Waals surface area contributed by atoms with E-state index in [0.717, 1.165) is 16.7 Å². The number of fused-ring (bicyclic) bond motifs is 2. The molecule has 3 aromatic carbocycles. The van der Waals surface area contributed by atoms with Crippen LogP contribution in [-0.2, 0) is 9.59 Å². The highest BCUT2D eigenvalue weighted by atomic mass is 32.1. The molecule has 3 heterocycles. The lowest BCUT2D eigenvalue weighted by Crippen LogP contribution is -2.29. The topological polar surface area (TPSA) is 107 Å². The number of amides is 1. The average molecular weight is 615 g/mol. The van der Waals surface area contributed by atoms with E-state index in [1.807, 2.05) is 32.0 Å². The van der Waals surface area contributed by atoms with Crippen molar-refractivity contribution in [1.29, 1.82) is 0 Å². The van der Waals surface area contributed by atoms with E-state index in [9.17, 15) is 14.7 Å². The van der Waals surface area contributed by atoms with Gasteiger partial charge in [-0.05, 0) is 79.8 Å². The van der Waals surface area contributed by atoms with Crippen LogP contribution in [0.5, 0.6) is 23.0 Å². The van der Waals surface area contributed by atoms with Crippen LogP contribution >= 0.6 is 11.3 Å². The molecule has 1 aromatic heterocycles. The van der Waals surface area contributed by atoms with Gasteiger partial charge in [-0.2, -0.15) is 0 Å². The molecule has 4 aromatic rings. The quantitative estimate of drug-likeness (QED) is 0.124. The Bertz CT molecular complexity index is 1780. The molecular weight excluding hydrogens is 580 g/mol. The van der Waals surface area contributed by atoms with Crippen molar-refractivity contribution in [1.82, 2.24) is 4.98 Å². The van der Waals surface area contributed by atoms with Gasteiger partial charge in [0.25, 0.3) is 5.78 Å². The van der Waals surface area contributed by atoms with Crippen molar-refractivity contribution < 1.29 is 33.6 Å². The van der Waals surface area contributed by atoms with Gasteiger partial charge in [0, 0.05) is 5.56 Å². The van der Waals surface area contributed by atoms with E-state index in [2.05, 4.69) is 13.8 Å². The van der Waals surface area contributed by atoms with Gasteiger partial charge in [0.2, 0.25) is 0 Å². The molecule has 1 unspecified atom stereocenters. The molecule has 0 aliphatic carbocycles. The van der Waals surface area contributed by atoms with Crippen LogP contribution in [-0.4, -0.2) is 48.2 Å². The monoisotopic (exact) mass is 614 g/mol. The Morgan fingerprint density at radius 2 is 1.82 bits per heavy atom. The van der Waals surface area contributed by atoms with Crippen molar-refractivity contribution in [3.8, 4) is 23.0 Å². The summed E-state index contributed by atoms with van der Waals surface area (Å²) in [4.78, 5) is 33.7. The molecule has 1 N–H and O–H groups in total. The van der Waals surface area contributed by atoms with Gasteiger partial charge in [0.15, 0.2) is 28.1 Å². The third kappa shape index (κ3) is 5.57. The number of aliphatic hydroxyl groups excluding tert-OH is 1. The second-order valence-electron chi connectivity index (χ2n) is 11.2. The molecule has 0 bridgehead atoms. The Kier molecular flexibility index (Phi) is 8.18. The largest absolute Gasteiger partial charge is 0.507 e. The van der Waals surface area contributed by atoms with E-state index < -0.39 is 17.7 Å². The number of aliphatic hydroxyl groups is 1. The predicted octanol–water partition coefficient (Wildman–Crippen LogP) is 6.83. The molecule has 2 aliphatic heterocycles. The lowest BCUT2D eigenvalue weighted by Gasteiger charge is -2.24. The Morgan fingerprint density at radius 3 is 2.59 bits per heavy atom. The third-order valence-electron chi connectivity index (χ3n) is 7.53. The first-order valence-corrected chi connectivity index (χ1v) is 15.5. The van der Waals surface area contributed by atoms with Crippen molar-refractivity contribution >= 4 is 44.1 Å². The van der Waals surface area contributed by atoms with E-state index >= 15 is 0 Å². The summed E-state index contributed by atoms with van der Waals surface area (Å²) in [6, 6.07) is 15.2. The van der Waals surface area contributed by atoms with Crippen LogP contribution in [0, 0.1) is 12.8 Å². The first kappa shape index (κ1) is 29.5. The SMILES string of the molecule is CCOc1cc(C2/C(=C(/O)c3ccc4c(c3)OCCO4)C(=O)C(=O)N2c2nc3ccc(C)cc3s2)ccc1OCCC(C)C. The van der Waals surface area contributed by atoms with E-state index in [4.69, 9.17) is 23.9 Å².